The molecule has 0 saturated carbocycles. The van der Waals surface area contributed by atoms with Gasteiger partial charge >= 0.3 is 0 Å². The number of piperazine rings is 1. The first kappa shape index (κ1) is 15.5. The second-order valence-electron chi connectivity index (χ2n) is 4.89. The monoisotopic (exact) mass is 310 g/mol. The number of amides is 1. The van der Waals surface area contributed by atoms with Gasteiger partial charge in [0.25, 0.3) is 5.91 Å². The van der Waals surface area contributed by atoms with Crippen LogP contribution in [-0.4, -0.2) is 43.2 Å². The molecule has 0 bridgehead atoms. The lowest BCUT2D eigenvalue weighted by atomic mass is 9.99. The molecule has 1 aliphatic heterocycles. The van der Waals surface area contributed by atoms with Crippen molar-refractivity contribution in [1.82, 2.24) is 10.2 Å². The fourth-order valence-corrected chi connectivity index (χ4v) is 2.37. The van der Waals surface area contributed by atoms with Crippen LogP contribution in [0.15, 0.2) is 29.5 Å². The Morgan fingerprint density at radius 3 is 2.81 bits per heavy atom. The molecule has 2 rings (SSSR count). The SMILES string of the molecule is CN1CCN/C(=C(\C(=N)c2ccc(F)c(Cl)c2)C(N)=O)C1. The van der Waals surface area contributed by atoms with Crippen molar-refractivity contribution < 1.29 is 9.18 Å². The fraction of sp³-hybridized carbons (Fsp3) is 0.286. The summed E-state index contributed by atoms with van der Waals surface area (Å²) in [6, 6.07) is 3.88. The molecule has 5 nitrogen and oxygen atoms in total. The van der Waals surface area contributed by atoms with Crippen LogP contribution in [0.4, 0.5) is 4.39 Å². The van der Waals surface area contributed by atoms with Crippen LogP contribution in [0.1, 0.15) is 5.56 Å². The third kappa shape index (κ3) is 3.40. The van der Waals surface area contributed by atoms with Gasteiger partial charge in [0.2, 0.25) is 0 Å². The summed E-state index contributed by atoms with van der Waals surface area (Å²) in [6.45, 7) is 2.00. The Balaban J connectivity index is 2.42. The van der Waals surface area contributed by atoms with Crippen LogP contribution >= 0.6 is 11.6 Å². The summed E-state index contributed by atoms with van der Waals surface area (Å²) in [5, 5.41) is 11.2. The molecule has 1 aromatic rings. The number of carbonyl (C=O) groups excluding carboxylic acids is 1. The number of carbonyl (C=O) groups is 1. The second-order valence-corrected chi connectivity index (χ2v) is 5.29. The molecule has 1 fully saturated rings. The van der Waals surface area contributed by atoms with Crippen LogP contribution in [0.3, 0.4) is 0 Å². The number of nitrogens with two attached hydrogens (primary N) is 1. The number of rotatable bonds is 3. The maximum atomic E-state index is 13.2. The summed E-state index contributed by atoms with van der Waals surface area (Å²) < 4.78 is 13.2. The Labute approximate surface area is 127 Å². The zero-order valence-electron chi connectivity index (χ0n) is 11.5. The summed E-state index contributed by atoms with van der Waals surface area (Å²) in [6.07, 6.45) is 0. The first-order valence-electron chi connectivity index (χ1n) is 6.40. The maximum absolute atomic E-state index is 13.2. The summed E-state index contributed by atoms with van der Waals surface area (Å²) in [4.78, 5) is 13.7. The van der Waals surface area contributed by atoms with Crippen molar-refractivity contribution in [3.63, 3.8) is 0 Å². The Bertz CT molecular complexity index is 629. The minimum absolute atomic E-state index is 0.0674. The second kappa shape index (κ2) is 6.24. The molecule has 0 unspecified atom stereocenters. The molecule has 1 saturated heterocycles. The number of nitrogens with zero attached hydrogens (tertiary/aromatic N) is 1. The smallest absolute Gasteiger partial charge is 0.252 e. The van der Waals surface area contributed by atoms with E-state index < -0.39 is 11.7 Å². The van der Waals surface area contributed by atoms with Gasteiger partial charge in [-0.2, -0.15) is 0 Å². The lowest BCUT2D eigenvalue weighted by molar-refractivity contribution is -0.114. The average Bonchev–Trinajstić information content (AvgIpc) is 2.41. The Hall–Kier alpha value is -1.92. The van der Waals surface area contributed by atoms with Crippen molar-refractivity contribution in [3.05, 3.63) is 45.9 Å². The quantitative estimate of drug-likeness (QED) is 0.578. The molecule has 0 aromatic heterocycles. The van der Waals surface area contributed by atoms with E-state index in [1.54, 1.807) is 0 Å². The highest BCUT2D eigenvalue weighted by atomic mass is 35.5. The van der Waals surface area contributed by atoms with Crippen LogP contribution < -0.4 is 11.1 Å². The van der Waals surface area contributed by atoms with Crippen molar-refractivity contribution in [2.75, 3.05) is 26.7 Å². The van der Waals surface area contributed by atoms with E-state index in [1.807, 2.05) is 11.9 Å². The van der Waals surface area contributed by atoms with Gasteiger partial charge in [0, 0.05) is 30.9 Å². The van der Waals surface area contributed by atoms with Gasteiger partial charge in [-0.25, -0.2) is 4.39 Å². The van der Waals surface area contributed by atoms with Gasteiger partial charge in [-0.1, -0.05) is 11.6 Å². The average molecular weight is 311 g/mol. The summed E-state index contributed by atoms with van der Waals surface area (Å²) in [7, 11) is 1.91. The van der Waals surface area contributed by atoms with E-state index in [4.69, 9.17) is 22.7 Å². The topological polar surface area (TPSA) is 82.2 Å². The largest absolute Gasteiger partial charge is 0.385 e. The molecule has 1 aromatic carbocycles. The molecule has 0 aliphatic carbocycles. The number of nitrogens with one attached hydrogen (secondary N) is 2. The summed E-state index contributed by atoms with van der Waals surface area (Å²) in [5.74, 6) is -1.27. The Morgan fingerprint density at radius 1 is 1.52 bits per heavy atom. The van der Waals surface area contributed by atoms with Crippen molar-refractivity contribution in [2.24, 2.45) is 5.73 Å². The molecule has 0 spiro atoms. The van der Waals surface area contributed by atoms with Crippen LogP contribution in [0, 0.1) is 11.2 Å². The normalized spacial score (nSPS) is 18.0. The number of hydrogen-bond acceptors (Lipinski definition) is 4. The van der Waals surface area contributed by atoms with Gasteiger partial charge in [0.1, 0.15) is 5.82 Å². The third-order valence-corrected chi connectivity index (χ3v) is 3.56. The lowest BCUT2D eigenvalue weighted by Crippen LogP contribution is -2.42. The minimum atomic E-state index is -0.696. The van der Waals surface area contributed by atoms with Crippen LogP contribution in [-0.2, 0) is 4.79 Å². The highest BCUT2D eigenvalue weighted by Crippen LogP contribution is 2.20. The number of halogens is 2. The van der Waals surface area contributed by atoms with Gasteiger partial charge in [-0.05, 0) is 25.2 Å². The molecule has 4 N–H and O–H groups in total. The maximum Gasteiger partial charge on any atom is 0.252 e. The van der Waals surface area contributed by atoms with Gasteiger partial charge in [0.15, 0.2) is 0 Å². The number of hydrogen-bond donors (Lipinski definition) is 3. The van der Waals surface area contributed by atoms with Crippen LogP contribution in [0.2, 0.25) is 5.02 Å². The van der Waals surface area contributed by atoms with E-state index in [2.05, 4.69) is 5.32 Å². The van der Waals surface area contributed by atoms with Crippen molar-refractivity contribution in [3.8, 4) is 0 Å². The highest BCUT2D eigenvalue weighted by Gasteiger charge is 2.22. The molecule has 112 valence electrons. The first-order chi connectivity index (χ1) is 9.90. The molecule has 0 radical (unpaired) electrons. The van der Waals surface area contributed by atoms with E-state index in [1.165, 1.54) is 12.1 Å². The number of likely N-dealkylation sites (N-methyl/N-ethyl adjacent to an activating group) is 1. The third-order valence-electron chi connectivity index (χ3n) is 3.27. The van der Waals surface area contributed by atoms with Crippen LogP contribution in [0.25, 0.3) is 0 Å². The zero-order valence-corrected chi connectivity index (χ0v) is 12.3. The van der Waals surface area contributed by atoms with Gasteiger partial charge in [-0.3, -0.25) is 15.1 Å². The van der Waals surface area contributed by atoms with Gasteiger partial charge < -0.3 is 11.1 Å². The Morgan fingerprint density at radius 2 is 2.24 bits per heavy atom. The predicted octanol–water partition coefficient (Wildman–Crippen LogP) is 1.12. The fourth-order valence-electron chi connectivity index (χ4n) is 2.19. The van der Waals surface area contributed by atoms with Crippen molar-refractivity contribution >= 4 is 23.2 Å². The summed E-state index contributed by atoms with van der Waals surface area (Å²) >= 11 is 5.72. The van der Waals surface area contributed by atoms with Gasteiger partial charge in [-0.15, -0.1) is 0 Å². The van der Waals surface area contributed by atoms with Gasteiger partial charge in [0.05, 0.1) is 16.3 Å². The molecular weight excluding hydrogens is 295 g/mol. The number of primary amides is 1. The lowest BCUT2D eigenvalue weighted by Gasteiger charge is -2.28. The molecule has 1 amide bonds. The summed E-state index contributed by atoms with van der Waals surface area (Å²) in [5.41, 5.74) is 6.39. The van der Waals surface area contributed by atoms with E-state index >= 15 is 0 Å². The van der Waals surface area contributed by atoms with Crippen molar-refractivity contribution in [2.45, 2.75) is 0 Å². The molecule has 1 aliphatic rings. The van der Waals surface area contributed by atoms with E-state index in [0.29, 0.717) is 24.4 Å². The van der Waals surface area contributed by atoms with E-state index in [0.717, 1.165) is 12.6 Å². The standard InChI is InChI=1S/C14H16ClFN4O/c1-20-5-4-19-11(7-20)12(14(18)21)13(17)8-2-3-10(16)9(15)6-8/h2-3,6,17,19H,4-5,7H2,1H3,(H2,18,21)/b12-11+,17-13?. The molecule has 1 heterocycles. The van der Waals surface area contributed by atoms with E-state index in [-0.39, 0.29) is 16.3 Å². The highest BCUT2D eigenvalue weighted by molar-refractivity contribution is 6.32. The predicted molar refractivity (Wildman–Crippen MR) is 80.0 cm³/mol. The zero-order chi connectivity index (χ0) is 15.6. The molecule has 7 heteroatoms. The first-order valence-corrected chi connectivity index (χ1v) is 6.77. The molecular formula is C14H16ClFN4O. The van der Waals surface area contributed by atoms with Crippen LogP contribution in [0.5, 0.6) is 0 Å². The molecule has 0 atom stereocenters. The van der Waals surface area contributed by atoms with E-state index in [9.17, 15) is 9.18 Å². The van der Waals surface area contributed by atoms with Crippen molar-refractivity contribution in [1.29, 1.82) is 5.41 Å². The Kier molecular flexibility index (Phi) is 4.59. The molecule has 21 heavy (non-hydrogen) atoms. The minimum Gasteiger partial charge on any atom is -0.385 e. The number of benzene rings is 1.